The first kappa shape index (κ1) is 28.3. The van der Waals surface area contributed by atoms with E-state index in [4.69, 9.17) is 4.98 Å². The van der Waals surface area contributed by atoms with E-state index in [2.05, 4.69) is 81.0 Å². The Labute approximate surface area is 230 Å². The maximum Gasteiger partial charge on any atom is 1.00 e. The van der Waals surface area contributed by atoms with Crippen molar-refractivity contribution in [3.8, 4) is 22.5 Å². The molecule has 0 aliphatic carbocycles. The fourth-order valence-electron chi connectivity index (χ4n) is 4.02. The Hall–Kier alpha value is -2.22. The first-order chi connectivity index (χ1) is 16.9. The monoisotopic (exact) mass is 690 g/mol. The molecule has 0 saturated heterocycles. The molecule has 0 atom stereocenters. The van der Waals surface area contributed by atoms with Crippen molar-refractivity contribution >= 4 is 37.6 Å². The second-order valence-corrected chi connectivity index (χ2v) is 14.8. The first-order valence-electron chi connectivity index (χ1n) is 12.0. The predicted molar refractivity (Wildman–Crippen MR) is 160 cm³/mol. The number of rotatable bonds is 4. The van der Waals surface area contributed by atoms with Crippen LogP contribution in [0.3, 0.4) is 0 Å². The number of aromatic nitrogens is 3. The van der Waals surface area contributed by atoms with Crippen LogP contribution >= 0.6 is 15.8 Å². The standard InChI is InChI=1S/C22H14N3.C8H18P2.Os/c1-2-8-15(9-3-1)21-17-11-5-7-13-19(17)23-22(21)20-14-16-10-4-6-12-18(16)24-25-20;1-7(9(3)4)8(2)10(5)6;/h1-14H;1-6H3;/q-1;;+1/p+2/b;8-7-;. The third-order valence-electron chi connectivity index (χ3n) is 6.50. The number of nitrogens with zero attached hydrogens (tertiary/aromatic N) is 3. The molecule has 0 unspecified atom stereocenters. The normalized spacial score (nSPS) is 11.8. The van der Waals surface area contributed by atoms with Crippen LogP contribution in [-0.2, 0) is 19.8 Å². The average Bonchev–Trinajstić information content (AvgIpc) is 3.28. The summed E-state index contributed by atoms with van der Waals surface area (Å²) in [5.74, 6) is 0. The molecule has 0 fully saturated rings. The smallest absolute Gasteiger partial charge is 0.655 e. The molecule has 3 aromatic carbocycles. The van der Waals surface area contributed by atoms with E-state index >= 15 is 0 Å². The zero-order valence-corrected chi connectivity index (χ0v) is 26.3. The Bertz CT molecular complexity index is 1460. The van der Waals surface area contributed by atoms with E-state index in [1.54, 1.807) is 10.6 Å². The molecular weight excluding hydrogens is 655 g/mol. The van der Waals surface area contributed by atoms with Gasteiger partial charge in [0.25, 0.3) is 0 Å². The zero-order valence-electron chi connectivity index (χ0n) is 21.8. The van der Waals surface area contributed by atoms with E-state index in [9.17, 15) is 0 Å². The largest absolute Gasteiger partial charge is 1.00 e. The molecule has 6 heteroatoms. The molecule has 0 aliphatic heterocycles. The molecule has 5 rings (SSSR count). The van der Waals surface area contributed by atoms with Crippen LogP contribution in [0.5, 0.6) is 0 Å². The van der Waals surface area contributed by atoms with Crippen molar-refractivity contribution in [3.63, 3.8) is 0 Å². The Kier molecular flexibility index (Phi) is 10.1. The molecule has 0 spiro atoms. The van der Waals surface area contributed by atoms with Crippen LogP contribution in [0.4, 0.5) is 0 Å². The Morgan fingerprint density at radius 1 is 0.694 bits per heavy atom. The predicted octanol–water partition coefficient (Wildman–Crippen LogP) is 8.26. The van der Waals surface area contributed by atoms with Crippen LogP contribution < -0.4 is 4.98 Å². The summed E-state index contributed by atoms with van der Waals surface area (Å²) in [5, 5.41) is 14.4. The van der Waals surface area contributed by atoms with Gasteiger partial charge in [0.1, 0.15) is 10.6 Å². The van der Waals surface area contributed by atoms with Crippen molar-refractivity contribution in [2.75, 3.05) is 26.7 Å². The van der Waals surface area contributed by atoms with E-state index in [-0.39, 0.29) is 35.6 Å². The minimum absolute atomic E-state index is 0. The molecule has 2 aromatic heterocycles. The van der Waals surface area contributed by atoms with Crippen LogP contribution in [0.2, 0.25) is 0 Å². The minimum atomic E-state index is -0.151. The van der Waals surface area contributed by atoms with Crippen molar-refractivity contribution in [2.45, 2.75) is 13.8 Å². The number of fused-ring (bicyclic) bond motifs is 2. The van der Waals surface area contributed by atoms with Crippen molar-refractivity contribution in [3.05, 3.63) is 95.6 Å². The summed E-state index contributed by atoms with van der Waals surface area (Å²) in [5.41, 5.74) is 5.80. The molecule has 1 radical (unpaired) electrons. The van der Waals surface area contributed by atoms with E-state index < -0.39 is 0 Å². The van der Waals surface area contributed by atoms with E-state index in [1.165, 1.54) is 0 Å². The van der Waals surface area contributed by atoms with Gasteiger partial charge in [-0.05, 0) is 42.5 Å². The van der Waals surface area contributed by atoms with Gasteiger partial charge in [0.05, 0.1) is 37.9 Å². The van der Waals surface area contributed by atoms with Crippen LogP contribution in [0, 0.1) is 0 Å². The van der Waals surface area contributed by atoms with Gasteiger partial charge < -0.3 is 4.98 Å². The second-order valence-electron chi connectivity index (χ2n) is 9.26. The van der Waals surface area contributed by atoms with Crippen LogP contribution in [0.25, 0.3) is 44.3 Å². The van der Waals surface area contributed by atoms with Crippen LogP contribution in [0.15, 0.2) is 95.6 Å². The summed E-state index contributed by atoms with van der Waals surface area (Å²) in [4.78, 5) is 4.86. The van der Waals surface area contributed by atoms with Gasteiger partial charge in [-0.1, -0.05) is 78.5 Å². The summed E-state index contributed by atoms with van der Waals surface area (Å²) in [6, 6.07) is 28.6. The maximum atomic E-state index is 4.86. The fourth-order valence-corrected chi connectivity index (χ4v) is 7.02. The molecule has 36 heavy (non-hydrogen) atoms. The molecule has 0 N–H and O–H groups in total. The van der Waals surface area contributed by atoms with Crippen molar-refractivity contribution in [2.24, 2.45) is 0 Å². The number of allylic oxidation sites excluding steroid dienone is 2. The van der Waals surface area contributed by atoms with E-state index in [1.807, 2.05) is 54.6 Å². The molecule has 2 heterocycles. The topological polar surface area (TPSA) is 39.9 Å². The van der Waals surface area contributed by atoms with Gasteiger partial charge in [-0.25, -0.2) is 0 Å². The molecule has 3 nitrogen and oxygen atoms in total. The van der Waals surface area contributed by atoms with Crippen molar-refractivity contribution in [1.29, 1.82) is 0 Å². The van der Waals surface area contributed by atoms with E-state index in [0.717, 1.165) is 44.3 Å². The van der Waals surface area contributed by atoms with Crippen molar-refractivity contribution < 1.29 is 19.8 Å². The molecule has 0 aliphatic rings. The second kappa shape index (κ2) is 12.8. The third kappa shape index (κ3) is 6.36. The van der Waals surface area contributed by atoms with Gasteiger partial charge in [0.2, 0.25) is 0 Å². The molecule has 185 valence electrons. The number of para-hydroxylation sites is 1. The van der Waals surface area contributed by atoms with E-state index in [0.29, 0.717) is 0 Å². The third-order valence-corrected chi connectivity index (χ3v) is 10.5. The summed E-state index contributed by atoms with van der Waals surface area (Å²) in [6.07, 6.45) is 0. The van der Waals surface area contributed by atoms with Gasteiger partial charge in [-0.3, -0.25) is 0 Å². The van der Waals surface area contributed by atoms with Crippen LogP contribution in [0.1, 0.15) is 13.8 Å². The first-order valence-corrected chi connectivity index (χ1v) is 17.0. The van der Waals surface area contributed by atoms with Crippen molar-refractivity contribution in [1.82, 2.24) is 15.2 Å². The maximum absolute atomic E-state index is 4.86. The molecule has 5 aromatic rings. The SMILES string of the molecule is C/C(=C(\C)[PH+](C)C)[PH+](C)C.[Os+].c1ccc(-c2c(-c3cc4ccccc4nn3)[n-]c3ccccc23)cc1. The fraction of sp³-hybridized carbons (Fsp3) is 0.200. The Morgan fingerprint density at radius 3 is 1.94 bits per heavy atom. The summed E-state index contributed by atoms with van der Waals surface area (Å²) in [7, 11) is -0.302. The van der Waals surface area contributed by atoms with Gasteiger partial charge in [0.15, 0.2) is 0 Å². The van der Waals surface area contributed by atoms with Gasteiger partial charge >= 0.3 is 19.8 Å². The summed E-state index contributed by atoms with van der Waals surface area (Å²) in [6.45, 7) is 14.1. The van der Waals surface area contributed by atoms with Gasteiger partial charge in [-0.2, -0.15) is 5.10 Å². The van der Waals surface area contributed by atoms with Gasteiger partial charge in [-0.15, -0.1) is 10.6 Å². The van der Waals surface area contributed by atoms with Crippen LogP contribution in [-0.4, -0.2) is 36.9 Å². The minimum Gasteiger partial charge on any atom is -0.655 e. The summed E-state index contributed by atoms with van der Waals surface area (Å²) >= 11 is 0. The molecule has 0 bridgehead atoms. The zero-order chi connectivity index (χ0) is 24.9. The number of hydrogen-bond donors (Lipinski definition) is 0. The number of hydrogen-bond acceptors (Lipinski definition) is 2. The Balaban J connectivity index is 0.000000283. The quantitative estimate of drug-likeness (QED) is 0.179. The van der Waals surface area contributed by atoms with Gasteiger partial charge in [0, 0.05) is 21.2 Å². The molecule has 0 saturated carbocycles. The molecular formula is C30H34N3OsP2+2. The molecule has 0 amide bonds. The average molecular weight is 689 g/mol. The Morgan fingerprint density at radius 2 is 1.28 bits per heavy atom. The summed E-state index contributed by atoms with van der Waals surface area (Å²) < 4.78 is 0. The number of benzene rings is 3.